The lowest BCUT2D eigenvalue weighted by atomic mass is 9.96. The van der Waals surface area contributed by atoms with Crippen molar-refractivity contribution in [2.24, 2.45) is 5.92 Å². The Morgan fingerprint density at radius 1 is 1.07 bits per heavy atom. The summed E-state index contributed by atoms with van der Waals surface area (Å²) in [5, 5.41) is 3.71. The highest BCUT2D eigenvalue weighted by Gasteiger charge is 2.32. The van der Waals surface area contributed by atoms with Crippen LogP contribution in [0.15, 0.2) is 48.5 Å². The maximum Gasteiger partial charge on any atom is 0.223 e. The van der Waals surface area contributed by atoms with Crippen molar-refractivity contribution in [2.45, 2.75) is 31.6 Å². The number of nitrogens with one attached hydrogen (secondary N) is 1. The van der Waals surface area contributed by atoms with Gasteiger partial charge in [-0.3, -0.25) is 4.79 Å². The lowest BCUT2D eigenvalue weighted by Gasteiger charge is -2.31. The monoisotopic (exact) mass is 454 g/mol. The summed E-state index contributed by atoms with van der Waals surface area (Å²) in [6.07, 6.45) is 0.978. The minimum atomic E-state index is -3.56. The molecule has 156 valence electrons. The smallest absolute Gasteiger partial charge is 0.223 e. The zero-order valence-electron chi connectivity index (χ0n) is 16.1. The first-order valence-electron chi connectivity index (χ1n) is 9.54. The summed E-state index contributed by atoms with van der Waals surface area (Å²) in [5.74, 6) is -0.475. The summed E-state index contributed by atoms with van der Waals surface area (Å²) < 4.78 is 27.0. The van der Waals surface area contributed by atoms with Gasteiger partial charge in [-0.25, -0.2) is 12.7 Å². The SMILES string of the molecule is CC(NC(=O)C1CCN(S(=O)(=O)Cc2c(Cl)cccc2Cl)CC1)c1ccccc1. The van der Waals surface area contributed by atoms with E-state index < -0.39 is 10.0 Å². The fraction of sp³-hybridized carbons (Fsp3) is 0.381. The average molecular weight is 455 g/mol. The Hall–Kier alpha value is -1.60. The van der Waals surface area contributed by atoms with Crippen LogP contribution in [0.4, 0.5) is 0 Å². The predicted molar refractivity (Wildman–Crippen MR) is 116 cm³/mol. The van der Waals surface area contributed by atoms with Gasteiger partial charge in [0.2, 0.25) is 15.9 Å². The maximum absolute atomic E-state index is 12.8. The number of sulfonamides is 1. The minimum Gasteiger partial charge on any atom is -0.349 e. The summed E-state index contributed by atoms with van der Waals surface area (Å²) in [6.45, 7) is 2.56. The zero-order valence-corrected chi connectivity index (χ0v) is 18.5. The average Bonchev–Trinajstić information content (AvgIpc) is 2.71. The number of piperidine rings is 1. The molecule has 1 atom stereocenters. The first-order valence-corrected chi connectivity index (χ1v) is 11.9. The number of benzene rings is 2. The van der Waals surface area contributed by atoms with Gasteiger partial charge in [0.15, 0.2) is 0 Å². The lowest BCUT2D eigenvalue weighted by Crippen LogP contribution is -2.43. The second kappa shape index (κ2) is 9.47. The Balaban J connectivity index is 1.57. The van der Waals surface area contributed by atoms with Crippen molar-refractivity contribution in [2.75, 3.05) is 13.1 Å². The minimum absolute atomic E-state index is 0.0347. The third kappa shape index (κ3) is 5.51. The predicted octanol–water partition coefficient (Wildman–Crippen LogP) is 4.41. The molecule has 0 aromatic heterocycles. The van der Waals surface area contributed by atoms with Gasteiger partial charge in [0, 0.05) is 34.6 Å². The number of halogens is 2. The molecule has 0 aliphatic carbocycles. The fourth-order valence-electron chi connectivity index (χ4n) is 3.50. The van der Waals surface area contributed by atoms with Crippen LogP contribution in [0.25, 0.3) is 0 Å². The Morgan fingerprint density at radius 2 is 1.66 bits per heavy atom. The molecule has 1 fully saturated rings. The molecular formula is C21H24Cl2N2O3S. The van der Waals surface area contributed by atoms with Gasteiger partial charge in [-0.05, 0) is 37.5 Å². The molecule has 1 N–H and O–H groups in total. The molecule has 0 saturated carbocycles. The van der Waals surface area contributed by atoms with Crippen molar-refractivity contribution in [1.82, 2.24) is 9.62 Å². The lowest BCUT2D eigenvalue weighted by molar-refractivity contribution is -0.126. The molecule has 1 aliphatic heterocycles. The molecule has 1 heterocycles. The van der Waals surface area contributed by atoms with E-state index in [4.69, 9.17) is 23.2 Å². The molecule has 1 saturated heterocycles. The Kier molecular flexibility index (Phi) is 7.22. The second-order valence-corrected chi connectivity index (χ2v) is 10.1. The molecule has 1 amide bonds. The summed E-state index contributed by atoms with van der Waals surface area (Å²) in [7, 11) is -3.56. The molecule has 1 unspecified atom stereocenters. The van der Waals surface area contributed by atoms with Crippen molar-refractivity contribution in [3.63, 3.8) is 0 Å². The van der Waals surface area contributed by atoms with Gasteiger partial charge in [0.05, 0.1) is 11.8 Å². The molecule has 2 aromatic carbocycles. The summed E-state index contributed by atoms with van der Waals surface area (Å²) in [6, 6.07) is 14.6. The van der Waals surface area contributed by atoms with Crippen LogP contribution in [0.3, 0.4) is 0 Å². The van der Waals surface area contributed by atoms with Crippen molar-refractivity contribution >= 4 is 39.1 Å². The topological polar surface area (TPSA) is 66.5 Å². The highest BCUT2D eigenvalue weighted by Crippen LogP contribution is 2.29. The third-order valence-corrected chi connectivity index (χ3v) is 7.78. The third-order valence-electron chi connectivity index (χ3n) is 5.26. The number of amides is 1. The van der Waals surface area contributed by atoms with Gasteiger partial charge >= 0.3 is 0 Å². The van der Waals surface area contributed by atoms with Crippen molar-refractivity contribution in [1.29, 1.82) is 0 Å². The molecule has 0 radical (unpaired) electrons. The van der Waals surface area contributed by atoms with Crippen molar-refractivity contribution in [3.05, 3.63) is 69.7 Å². The molecule has 5 nitrogen and oxygen atoms in total. The number of nitrogens with zero attached hydrogens (tertiary/aromatic N) is 1. The van der Waals surface area contributed by atoms with E-state index in [1.807, 2.05) is 37.3 Å². The molecular weight excluding hydrogens is 431 g/mol. The van der Waals surface area contributed by atoms with E-state index in [0.29, 0.717) is 41.5 Å². The van der Waals surface area contributed by atoms with E-state index >= 15 is 0 Å². The van der Waals surface area contributed by atoms with Gasteiger partial charge in [-0.1, -0.05) is 59.6 Å². The number of hydrogen-bond donors (Lipinski definition) is 1. The van der Waals surface area contributed by atoms with Crippen molar-refractivity contribution in [3.8, 4) is 0 Å². The van der Waals surface area contributed by atoms with Gasteiger partial charge in [-0.15, -0.1) is 0 Å². The molecule has 2 aromatic rings. The summed E-state index contributed by atoms with van der Waals surface area (Å²) >= 11 is 12.2. The largest absolute Gasteiger partial charge is 0.349 e. The molecule has 3 rings (SSSR count). The van der Waals surface area contributed by atoms with Gasteiger partial charge in [0.25, 0.3) is 0 Å². The molecule has 29 heavy (non-hydrogen) atoms. The highest BCUT2D eigenvalue weighted by molar-refractivity contribution is 7.88. The molecule has 8 heteroatoms. The van der Waals surface area contributed by atoms with E-state index in [9.17, 15) is 13.2 Å². The van der Waals surface area contributed by atoms with E-state index in [1.165, 1.54) is 4.31 Å². The van der Waals surface area contributed by atoms with Crippen LogP contribution in [0.2, 0.25) is 10.0 Å². The molecule has 0 spiro atoms. The Labute approximate surface area is 182 Å². The van der Waals surface area contributed by atoms with E-state index in [-0.39, 0.29) is 23.6 Å². The quantitative estimate of drug-likeness (QED) is 0.702. The van der Waals surface area contributed by atoms with Crippen LogP contribution < -0.4 is 5.32 Å². The number of rotatable bonds is 6. The number of hydrogen-bond acceptors (Lipinski definition) is 3. The Morgan fingerprint density at radius 3 is 2.24 bits per heavy atom. The van der Waals surface area contributed by atoms with Gasteiger partial charge < -0.3 is 5.32 Å². The summed E-state index contributed by atoms with van der Waals surface area (Å²) in [5.41, 5.74) is 1.45. The fourth-order valence-corrected chi connectivity index (χ4v) is 5.81. The van der Waals surface area contributed by atoms with E-state index in [2.05, 4.69) is 5.32 Å². The van der Waals surface area contributed by atoms with Crippen LogP contribution in [-0.2, 0) is 20.6 Å². The number of carbonyl (C=O) groups is 1. The highest BCUT2D eigenvalue weighted by atomic mass is 35.5. The zero-order chi connectivity index (χ0) is 21.0. The standard InChI is InChI=1S/C21H24Cl2N2O3S/c1-15(16-6-3-2-4-7-16)24-21(26)17-10-12-25(13-11-17)29(27,28)14-18-19(22)8-5-9-20(18)23/h2-9,15,17H,10-14H2,1H3,(H,24,26). The first-order chi connectivity index (χ1) is 13.8. The first kappa shape index (κ1) is 22.1. The van der Waals surface area contributed by atoms with Crippen molar-refractivity contribution < 1.29 is 13.2 Å². The molecule has 0 bridgehead atoms. The van der Waals surface area contributed by atoms with Crippen LogP contribution in [0, 0.1) is 5.92 Å². The van der Waals surface area contributed by atoms with E-state index in [1.54, 1.807) is 18.2 Å². The maximum atomic E-state index is 12.8. The van der Waals surface area contributed by atoms with Crippen LogP contribution >= 0.6 is 23.2 Å². The van der Waals surface area contributed by atoms with Gasteiger partial charge in [-0.2, -0.15) is 0 Å². The normalized spacial score (nSPS) is 17.1. The second-order valence-electron chi connectivity index (χ2n) is 7.27. The molecule has 1 aliphatic rings. The number of carbonyl (C=O) groups excluding carboxylic acids is 1. The van der Waals surface area contributed by atoms with Crippen LogP contribution in [0.5, 0.6) is 0 Å². The van der Waals surface area contributed by atoms with Gasteiger partial charge in [0.1, 0.15) is 0 Å². The van der Waals surface area contributed by atoms with Crippen LogP contribution in [-0.4, -0.2) is 31.7 Å². The van der Waals surface area contributed by atoms with E-state index in [0.717, 1.165) is 5.56 Å². The van der Waals surface area contributed by atoms with Crippen LogP contribution in [0.1, 0.15) is 36.9 Å². The summed E-state index contributed by atoms with van der Waals surface area (Å²) in [4.78, 5) is 12.6. The Bertz CT molecular complexity index is 939.